The number of rotatable bonds is 4. The number of furan rings is 1. The molecule has 23 heavy (non-hydrogen) atoms. The first-order valence-corrected chi connectivity index (χ1v) is 8.01. The fraction of sp³-hybridized carbons (Fsp3) is 0.389. The van der Waals surface area contributed by atoms with Crippen LogP contribution in [-0.2, 0) is 0 Å². The van der Waals surface area contributed by atoms with Crippen LogP contribution in [0.25, 0.3) is 0 Å². The van der Waals surface area contributed by atoms with Gasteiger partial charge in [-0.3, -0.25) is 4.79 Å². The standard InChI is InChI=1S/C18H22N2O3/c1-13(19)14-6-5-11-20(12-14)18(21)16-9-10-17(23-16)22-15-7-3-2-4-8-15/h2-4,7-10,13-14H,5-6,11-12,19H2,1H3. The quantitative estimate of drug-likeness (QED) is 0.940. The van der Waals surface area contributed by atoms with Crippen molar-refractivity contribution in [3.05, 3.63) is 48.2 Å². The first-order chi connectivity index (χ1) is 11.1. The van der Waals surface area contributed by atoms with Gasteiger partial charge in [-0.2, -0.15) is 0 Å². The van der Waals surface area contributed by atoms with Gasteiger partial charge >= 0.3 is 0 Å². The molecular weight excluding hydrogens is 292 g/mol. The smallest absolute Gasteiger partial charge is 0.290 e. The van der Waals surface area contributed by atoms with E-state index in [1.807, 2.05) is 42.2 Å². The fourth-order valence-electron chi connectivity index (χ4n) is 2.87. The number of hydrogen-bond donors (Lipinski definition) is 1. The highest BCUT2D eigenvalue weighted by Crippen LogP contribution is 2.26. The van der Waals surface area contributed by atoms with Crippen LogP contribution in [0.1, 0.15) is 30.3 Å². The lowest BCUT2D eigenvalue weighted by Crippen LogP contribution is -2.44. The fourth-order valence-corrected chi connectivity index (χ4v) is 2.87. The summed E-state index contributed by atoms with van der Waals surface area (Å²) in [6.07, 6.45) is 2.05. The molecule has 1 amide bonds. The molecule has 1 aromatic heterocycles. The van der Waals surface area contributed by atoms with Crippen LogP contribution in [0.4, 0.5) is 0 Å². The summed E-state index contributed by atoms with van der Waals surface area (Å²) in [4.78, 5) is 14.4. The van der Waals surface area contributed by atoms with Crippen molar-refractivity contribution in [1.29, 1.82) is 0 Å². The summed E-state index contributed by atoms with van der Waals surface area (Å²) < 4.78 is 11.2. The summed E-state index contributed by atoms with van der Waals surface area (Å²) in [5.41, 5.74) is 5.98. The number of likely N-dealkylation sites (tertiary alicyclic amines) is 1. The summed E-state index contributed by atoms with van der Waals surface area (Å²) in [6, 6.07) is 12.8. The van der Waals surface area contributed by atoms with Gasteiger partial charge in [0, 0.05) is 25.2 Å². The maximum absolute atomic E-state index is 12.6. The lowest BCUT2D eigenvalue weighted by atomic mass is 9.92. The maximum Gasteiger partial charge on any atom is 0.290 e. The number of benzene rings is 1. The number of para-hydroxylation sites is 1. The Morgan fingerprint density at radius 3 is 2.83 bits per heavy atom. The summed E-state index contributed by atoms with van der Waals surface area (Å²) in [5.74, 6) is 1.55. The molecule has 0 radical (unpaired) electrons. The van der Waals surface area contributed by atoms with Gasteiger partial charge in [0.15, 0.2) is 5.76 Å². The van der Waals surface area contributed by atoms with Gasteiger partial charge in [0.05, 0.1) is 0 Å². The predicted octanol–water partition coefficient (Wildman–Crippen LogP) is 3.27. The van der Waals surface area contributed by atoms with Crippen molar-refractivity contribution in [3.63, 3.8) is 0 Å². The van der Waals surface area contributed by atoms with Crippen LogP contribution in [0, 0.1) is 5.92 Å². The maximum atomic E-state index is 12.6. The molecule has 122 valence electrons. The molecule has 2 N–H and O–H groups in total. The van der Waals surface area contributed by atoms with Crippen LogP contribution in [0.2, 0.25) is 0 Å². The lowest BCUT2D eigenvalue weighted by Gasteiger charge is -2.34. The minimum Gasteiger partial charge on any atom is -0.426 e. The highest BCUT2D eigenvalue weighted by Gasteiger charge is 2.28. The van der Waals surface area contributed by atoms with E-state index in [1.54, 1.807) is 12.1 Å². The van der Waals surface area contributed by atoms with Gasteiger partial charge in [-0.1, -0.05) is 18.2 Å². The molecule has 5 heteroatoms. The second-order valence-electron chi connectivity index (χ2n) is 6.05. The Kier molecular flexibility index (Phi) is 4.67. The Bertz CT molecular complexity index is 651. The van der Waals surface area contributed by atoms with E-state index in [0.29, 0.717) is 29.9 Å². The normalized spacial score (nSPS) is 19.4. The zero-order valence-corrected chi connectivity index (χ0v) is 13.3. The van der Waals surface area contributed by atoms with E-state index in [1.165, 1.54) is 0 Å². The Morgan fingerprint density at radius 2 is 2.09 bits per heavy atom. The number of piperidine rings is 1. The van der Waals surface area contributed by atoms with Crippen LogP contribution in [0.15, 0.2) is 46.9 Å². The summed E-state index contributed by atoms with van der Waals surface area (Å²) >= 11 is 0. The van der Waals surface area contributed by atoms with Crippen molar-refractivity contribution in [2.75, 3.05) is 13.1 Å². The van der Waals surface area contributed by atoms with E-state index >= 15 is 0 Å². The number of hydrogen-bond acceptors (Lipinski definition) is 4. The van der Waals surface area contributed by atoms with E-state index in [9.17, 15) is 4.79 Å². The molecule has 1 saturated heterocycles. The molecule has 5 nitrogen and oxygen atoms in total. The number of carbonyl (C=O) groups excluding carboxylic acids is 1. The largest absolute Gasteiger partial charge is 0.426 e. The van der Waals surface area contributed by atoms with E-state index in [4.69, 9.17) is 14.9 Å². The van der Waals surface area contributed by atoms with Gasteiger partial charge in [0.25, 0.3) is 11.9 Å². The molecular formula is C18H22N2O3. The number of carbonyl (C=O) groups is 1. The van der Waals surface area contributed by atoms with E-state index in [0.717, 1.165) is 19.4 Å². The number of ether oxygens (including phenoxy) is 1. The second kappa shape index (κ2) is 6.87. The third-order valence-electron chi connectivity index (χ3n) is 4.24. The molecule has 1 aromatic carbocycles. The summed E-state index contributed by atoms with van der Waals surface area (Å²) in [5, 5.41) is 0. The lowest BCUT2D eigenvalue weighted by molar-refractivity contribution is 0.0624. The van der Waals surface area contributed by atoms with Crippen LogP contribution in [-0.4, -0.2) is 29.9 Å². The SMILES string of the molecule is CC(N)C1CCCN(C(=O)c2ccc(Oc3ccccc3)o2)C1. The van der Waals surface area contributed by atoms with Crippen molar-refractivity contribution in [1.82, 2.24) is 4.90 Å². The van der Waals surface area contributed by atoms with Crippen molar-refractivity contribution < 1.29 is 13.9 Å². The van der Waals surface area contributed by atoms with Crippen molar-refractivity contribution in [3.8, 4) is 11.7 Å². The second-order valence-corrected chi connectivity index (χ2v) is 6.05. The summed E-state index contributed by atoms with van der Waals surface area (Å²) in [7, 11) is 0. The molecule has 2 atom stereocenters. The number of nitrogens with zero attached hydrogens (tertiary/aromatic N) is 1. The molecule has 0 bridgehead atoms. The first-order valence-electron chi connectivity index (χ1n) is 8.01. The topological polar surface area (TPSA) is 68.7 Å². The molecule has 2 aromatic rings. The van der Waals surface area contributed by atoms with Gasteiger partial charge < -0.3 is 19.8 Å². The zero-order chi connectivity index (χ0) is 16.2. The molecule has 2 unspecified atom stereocenters. The molecule has 1 fully saturated rings. The Morgan fingerprint density at radius 1 is 1.30 bits per heavy atom. The Hall–Kier alpha value is -2.27. The molecule has 2 heterocycles. The van der Waals surface area contributed by atoms with E-state index < -0.39 is 0 Å². The van der Waals surface area contributed by atoms with E-state index in [-0.39, 0.29) is 11.9 Å². The Labute approximate surface area is 136 Å². The van der Waals surface area contributed by atoms with Crippen LogP contribution < -0.4 is 10.5 Å². The molecule has 1 aliphatic rings. The van der Waals surface area contributed by atoms with Gasteiger partial charge in [-0.25, -0.2) is 0 Å². The van der Waals surface area contributed by atoms with Crippen molar-refractivity contribution in [2.24, 2.45) is 11.7 Å². The summed E-state index contributed by atoms with van der Waals surface area (Å²) in [6.45, 7) is 3.43. The monoisotopic (exact) mass is 314 g/mol. The molecule has 0 spiro atoms. The van der Waals surface area contributed by atoms with Crippen molar-refractivity contribution in [2.45, 2.75) is 25.8 Å². The minimum absolute atomic E-state index is 0.0965. The van der Waals surface area contributed by atoms with Crippen LogP contribution in [0.5, 0.6) is 11.7 Å². The number of nitrogens with two attached hydrogens (primary N) is 1. The van der Waals surface area contributed by atoms with Gasteiger partial charge in [0.2, 0.25) is 0 Å². The third kappa shape index (κ3) is 3.74. The average molecular weight is 314 g/mol. The Balaban J connectivity index is 1.66. The van der Waals surface area contributed by atoms with E-state index in [2.05, 4.69) is 0 Å². The molecule has 1 aliphatic heterocycles. The third-order valence-corrected chi connectivity index (χ3v) is 4.24. The highest BCUT2D eigenvalue weighted by molar-refractivity contribution is 5.91. The van der Waals surface area contributed by atoms with Crippen LogP contribution >= 0.6 is 0 Å². The van der Waals surface area contributed by atoms with Crippen LogP contribution in [0.3, 0.4) is 0 Å². The number of amides is 1. The molecule has 0 saturated carbocycles. The van der Waals surface area contributed by atoms with Gasteiger partial charge in [-0.15, -0.1) is 0 Å². The van der Waals surface area contributed by atoms with Gasteiger partial charge in [0.1, 0.15) is 5.75 Å². The zero-order valence-electron chi connectivity index (χ0n) is 13.3. The first kappa shape index (κ1) is 15.6. The molecule has 3 rings (SSSR count). The highest BCUT2D eigenvalue weighted by atomic mass is 16.6. The average Bonchev–Trinajstić information content (AvgIpc) is 3.03. The predicted molar refractivity (Wildman–Crippen MR) is 87.5 cm³/mol. The van der Waals surface area contributed by atoms with Gasteiger partial charge in [-0.05, 0) is 43.9 Å². The van der Waals surface area contributed by atoms with Crippen molar-refractivity contribution >= 4 is 5.91 Å². The minimum atomic E-state index is -0.0988. The molecule has 0 aliphatic carbocycles.